The molecule has 0 aliphatic carbocycles. The van der Waals surface area contributed by atoms with E-state index in [1.807, 2.05) is 0 Å². The predicted octanol–water partition coefficient (Wildman–Crippen LogP) is 3.19. The molecule has 0 N–H and O–H groups in total. The molecule has 0 bridgehead atoms. The lowest BCUT2D eigenvalue weighted by atomic mass is 10.3. The van der Waals surface area contributed by atoms with Crippen molar-refractivity contribution < 1.29 is 22.8 Å². The first kappa shape index (κ1) is 12.6. The van der Waals surface area contributed by atoms with Crippen LogP contribution in [0, 0.1) is 10.1 Å². The number of benzene rings is 1. The van der Waals surface area contributed by atoms with Gasteiger partial charge in [-0.15, -0.1) is 0 Å². The molecular weight excluding hydrogens is 251 g/mol. The summed E-state index contributed by atoms with van der Waals surface area (Å²) in [6, 6.07) is 3.15. The van der Waals surface area contributed by atoms with Crippen molar-refractivity contribution in [2.24, 2.45) is 0 Å². The van der Waals surface area contributed by atoms with E-state index in [-0.39, 0.29) is 5.02 Å². The molecule has 0 atom stereocenters. The number of nitrogens with zero attached hydrogens (tertiary/aromatic N) is 1. The Balaban J connectivity index is 2.91. The summed E-state index contributed by atoms with van der Waals surface area (Å²) >= 11 is 5.47. The molecule has 0 aromatic heterocycles. The van der Waals surface area contributed by atoms with Gasteiger partial charge in [-0.25, -0.2) is 0 Å². The molecule has 4 nitrogen and oxygen atoms in total. The summed E-state index contributed by atoms with van der Waals surface area (Å²) < 4.78 is 39.8. The summed E-state index contributed by atoms with van der Waals surface area (Å²) in [4.78, 5) is 9.62. The fourth-order valence-corrected chi connectivity index (χ4v) is 1.08. The largest absolute Gasteiger partial charge is 0.477 e. The van der Waals surface area contributed by atoms with Crippen LogP contribution < -0.4 is 4.74 Å². The topological polar surface area (TPSA) is 52.4 Å². The third-order valence-electron chi connectivity index (χ3n) is 1.51. The summed E-state index contributed by atoms with van der Waals surface area (Å²) in [6.45, 7) is -1.59. The van der Waals surface area contributed by atoms with Gasteiger partial charge in [0.1, 0.15) is 0 Å². The Bertz CT molecular complexity index is 408. The van der Waals surface area contributed by atoms with Crippen molar-refractivity contribution >= 4 is 17.3 Å². The van der Waals surface area contributed by atoms with Crippen LogP contribution in [-0.4, -0.2) is 17.7 Å². The molecule has 0 aliphatic rings. The number of hydrogen-bond donors (Lipinski definition) is 0. The van der Waals surface area contributed by atoms with E-state index in [1.165, 1.54) is 6.07 Å². The smallest absolute Gasteiger partial charge is 0.422 e. The third-order valence-corrected chi connectivity index (χ3v) is 1.74. The van der Waals surface area contributed by atoms with E-state index >= 15 is 0 Å². The number of alkyl halides is 3. The summed E-state index contributed by atoms with van der Waals surface area (Å²) in [7, 11) is 0. The Morgan fingerprint density at radius 2 is 2.06 bits per heavy atom. The first-order valence-electron chi connectivity index (χ1n) is 3.93. The molecule has 1 aromatic rings. The predicted molar refractivity (Wildman–Crippen MR) is 49.7 cm³/mol. The lowest BCUT2D eigenvalue weighted by Crippen LogP contribution is -2.19. The van der Waals surface area contributed by atoms with Crippen LogP contribution in [0.25, 0.3) is 0 Å². The minimum atomic E-state index is -4.55. The van der Waals surface area contributed by atoms with Gasteiger partial charge >= 0.3 is 11.9 Å². The van der Waals surface area contributed by atoms with E-state index in [4.69, 9.17) is 11.6 Å². The molecule has 0 fully saturated rings. The molecule has 1 aromatic carbocycles. The van der Waals surface area contributed by atoms with Gasteiger partial charge in [0, 0.05) is 11.1 Å². The van der Waals surface area contributed by atoms with Gasteiger partial charge < -0.3 is 4.74 Å². The van der Waals surface area contributed by atoms with Crippen molar-refractivity contribution in [1.29, 1.82) is 0 Å². The molecule has 0 saturated carbocycles. The van der Waals surface area contributed by atoms with Gasteiger partial charge in [-0.1, -0.05) is 11.6 Å². The van der Waals surface area contributed by atoms with Crippen LogP contribution in [0.4, 0.5) is 18.9 Å². The average Bonchev–Trinajstić information content (AvgIpc) is 2.14. The van der Waals surface area contributed by atoms with Gasteiger partial charge in [0.15, 0.2) is 12.4 Å². The van der Waals surface area contributed by atoms with Crippen LogP contribution in [0.5, 0.6) is 5.75 Å². The Hall–Kier alpha value is -1.50. The lowest BCUT2D eigenvalue weighted by molar-refractivity contribution is -0.386. The van der Waals surface area contributed by atoms with Crippen molar-refractivity contribution in [2.75, 3.05) is 6.61 Å². The van der Waals surface area contributed by atoms with Crippen LogP contribution in [0.2, 0.25) is 5.02 Å². The minimum absolute atomic E-state index is 0.0473. The van der Waals surface area contributed by atoms with Crippen LogP contribution in [0.15, 0.2) is 18.2 Å². The Morgan fingerprint density at radius 1 is 1.44 bits per heavy atom. The zero-order chi connectivity index (χ0) is 12.3. The maximum Gasteiger partial charge on any atom is 0.422 e. The maximum atomic E-state index is 11.8. The second kappa shape index (κ2) is 4.56. The molecule has 0 amide bonds. The molecule has 88 valence electrons. The van der Waals surface area contributed by atoms with Gasteiger partial charge in [-0.3, -0.25) is 10.1 Å². The van der Waals surface area contributed by atoms with Crippen molar-refractivity contribution in [3.05, 3.63) is 33.3 Å². The van der Waals surface area contributed by atoms with Crippen LogP contribution in [-0.2, 0) is 0 Å². The molecule has 8 heteroatoms. The first-order valence-corrected chi connectivity index (χ1v) is 4.31. The molecule has 0 heterocycles. The monoisotopic (exact) mass is 255 g/mol. The third kappa shape index (κ3) is 3.58. The summed E-state index contributed by atoms with van der Waals surface area (Å²) in [6.07, 6.45) is -4.55. The zero-order valence-electron chi connectivity index (χ0n) is 7.62. The number of nitro benzene ring substituents is 1. The molecule has 1 rings (SSSR count). The van der Waals surface area contributed by atoms with E-state index in [0.717, 1.165) is 12.1 Å². The van der Waals surface area contributed by atoms with Crippen molar-refractivity contribution in [2.45, 2.75) is 6.18 Å². The van der Waals surface area contributed by atoms with E-state index < -0.39 is 29.1 Å². The highest BCUT2D eigenvalue weighted by atomic mass is 35.5. The van der Waals surface area contributed by atoms with Gasteiger partial charge in [0.2, 0.25) is 0 Å². The van der Waals surface area contributed by atoms with Gasteiger partial charge in [-0.05, 0) is 12.1 Å². The van der Waals surface area contributed by atoms with Crippen LogP contribution in [0.1, 0.15) is 0 Å². The number of nitro groups is 1. The number of rotatable bonds is 3. The fraction of sp³-hybridized carbons (Fsp3) is 0.250. The first-order chi connectivity index (χ1) is 7.29. The molecule has 0 spiro atoms. The molecule has 0 unspecified atom stereocenters. The average molecular weight is 256 g/mol. The Kier molecular flexibility index (Phi) is 3.58. The van der Waals surface area contributed by atoms with E-state index in [0.29, 0.717) is 0 Å². The van der Waals surface area contributed by atoms with Crippen molar-refractivity contribution in [1.82, 2.24) is 0 Å². The highest BCUT2D eigenvalue weighted by Crippen LogP contribution is 2.31. The quantitative estimate of drug-likeness (QED) is 0.616. The van der Waals surface area contributed by atoms with Crippen LogP contribution >= 0.6 is 11.6 Å². The standard InChI is InChI=1S/C8H5ClF3NO3/c9-5-1-2-7(6(3-5)13(14)15)16-4-8(10,11)12/h1-3H,4H2. The van der Waals surface area contributed by atoms with Crippen molar-refractivity contribution in [3.8, 4) is 5.75 Å². The lowest BCUT2D eigenvalue weighted by Gasteiger charge is -2.09. The number of hydrogen-bond acceptors (Lipinski definition) is 3. The molecule has 0 aliphatic heterocycles. The number of ether oxygens (including phenoxy) is 1. The SMILES string of the molecule is O=[N+]([O-])c1cc(Cl)ccc1OCC(F)(F)F. The maximum absolute atomic E-state index is 11.8. The Labute approximate surface area is 92.7 Å². The Morgan fingerprint density at radius 3 is 2.56 bits per heavy atom. The van der Waals surface area contributed by atoms with E-state index in [9.17, 15) is 23.3 Å². The summed E-state index contributed by atoms with van der Waals surface area (Å²) in [5.74, 6) is -0.466. The molecule has 16 heavy (non-hydrogen) atoms. The normalized spacial score (nSPS) is 11.2. The number of halogens is 4. The summed E-state index contributed by atoms with van der Waals surface area (Å²) in [5.41, 5.74) is -0.600. The van der Waals surface area contributed by atoms with Gasteiger partial charge in [-0.2, -0.15) is 13.2 Å². The minimum Gasteiger partial charge on any atom is -0.477 e. The highest BCUT2D eigenvalue weighted by molar-refractivity contribution is 6.30. The molecule has 0 saturated heterocycles. The van der Waals surface area contributed by atoms with E-state index in [1.54, 1.807) is 0 Å². The molecular formula is C8H5ClF3NO3. The van der Waals surface area contributed by atoms with Gasteiger partial charge in [0.25, 0.3) is 0 Å². The van der Waals surface area contributed by atoms with E-state index in [2.05, 4.69) is 4.74 Å². The van der Waals surface area contributed by atoms with Crippen molar-refractivity contribution in [3.63, 3.8) is 0 Å². The second-order valence-electron chi connectivity index (χ2n) is 2.77. The highest BCUT2D eigenvalue weighted by Gasteiger charge is 2.30. The zero-order valence-corrected chi connectivity index (χ0v) is 8.38. The van der Waals surface area contributed by atoms with Gasteiger partial charge in [0.05, 0.1) is 4.92 Å². The van der Waals surface area contributed by atoms with Crippen LogP contribution in [0.3, 0.4) is 0 Å². The molecule has 0 radical (unpaired) electrons. The fourth-order valence-electron chi connectivity index (χ4n) is 0.915. The summed E-state index contributed by atoms with van der Waals surface area (Å²) in [5, 5.41) is 10.5. The second-order valence-corrected chi connectivity index (χ2v) is 3.21.